The van der Waals surface area contributed by atoms with Gasteiger partial charge >= 0.3 is 0 Å². The van der Waals surface area contributed by atoms with Crippen molar-refractivity contribution in [3.05, 3.63) is 130 Å². The van der Waals surface area contributed by atoms with Crippen LogP contribution in [0.4, 0.5) is 0 Å². The van der Waals surface area contributed by atoms with E-state index in [-0.39, 0.29) is 0 Å². The highest BCUT2D eigenvalue weighted by molar-refractivity contribution is 5.62. The molecule has 4 rings (SSSR count). The fourth-order valence-electron chi connectivity index (χ4n) is 5.75. The summed E-state index contributed by atoms with van der Waals surface area (Å²) in [4.78, 5) is 0. The van der Waals surface area contributed by atoms with Crippen LogP contribution in [0.25, 0.3) is 0 Å². The molecule has 3 aliphatic carbocycles. The molecule has 0 amide bonds. The lowest BCUT2D eigenvalue weighted by Crippen LogP contribution is -2.21. The molecule has 3 aliphatic rings. The van der Waals surface area contributed by atoms with Gasteiger partial charge in [0.15, 0.2) is 0 Å². The Kier molecular flexibility index (Phi) is 6.75. The maximum absolute atomic E-state index is 4.67. The third kappa shape index (κ3) is 4.49. The molecule has 2 atom stereocenters. The Labute approximate surface area is 201 Å². The van der Waals surface area contributed by atoms with Crippen LogP contribution in [0.2, 0.25) is 0 Å². The van der Waals surface area contributed by atoms with E-state index >= 15 is 0 Å². The SMILES string of the molecule is C=C(C)C1=CC=C(C=C2CC3=CC(C)=C(C(=C)CCC)C(c4ccc(CC)cc4)C3C2=C)C1. The molecule has 0 radical (unpaired) electrons. The summed E-state index contributed by atoms with van der Waals surface area (Å²) in [6.07, 6.45) is 14.5. The first kappa shape index (κ1) is 23.3. The lowest BCUT2D eigenvalue weighted by Gasteiger charge is -2.34. The Bertz CT molecular complexity index is 1150. The van der Waals surface area contributed by atoms with Gasteiger partial charge in [0.25, 0.3) is 0 Å². The summed E-state index contributed by atoms with van der Waals surface area (Å²) >= 11 is 0. The largest absolute Gasteiger partial charge is 0.0958 e. The van der Waals surface area contributed by atoms with Gasteiger partial charge in [-0.15, -0.1) is 0 Å². The number of fused-ring (bicyclic) bond motifs is 1. The van der Waals surface area contributed by atoms with Crippen LogP contribution in [0.5, 0.6) is 0 Å². The molecular formula is C33H38. The second-order valence-corrected chi connectivity index (χ2v) is 9.98. The van der Waals surface area contributed by atoms with Crippen LogP contribution in [-0.4, -0.2) is 0 Å². The summed E-state index contributed by atoms with van der Waals surface area (Å²) in [6, 6.07) is 9.28. The normalized spacial score (nSPS) is 23.5. The van der Waals surface area contributed by atoms with E-state index in [2.05, 4.69) is 96.0 Å². The summed E-state index contributed by atoms with van der Waals surface area (Å²) < 4.78 is 0. The topological polar surface area (TPSA) is 0 Å². The van der Waals surface area contributed by atoms with Crippen LogP contribution in [0.15, 0.2) is 118 Å². The van der Waals surface area contributed by atoms with Gasteiger partial charge in [0.1, 0.15) is 0 Å². The van der Waals surface area contributed by atoms with Gasteiger partial charge in [-0.1, -0.05) is 105 Å². The minimum Gasteiger partial charge on any atom is -0.0958 e. The molecule has 0 spiro atoms. The van der Waals surface area contributed by atoms with Crippen LogP contribution < -0.4 is 0 Å². The van der Waals surface area contributed by atoms with Crippen molar-refractivity contribution >= 4 is 0 Å². The molecule has 0 bridgehead atoms. The van der Waals surface area contributed by atoms with Crippen LogP contribution in [0.3, 0.4) is 0 Å². The Morgan fingerprint density at radius 1 is 1.03 bits per heavy atom. The molecule has 0 heteroatoms. The zero-order valence-corrected chi connectivity index (χ0v) is 20.9. The molecule has 1 aromatic carbocycles. The summed E-state index contributed by atoms with van der Waals surface area (Å²) in [6.45, 7) is 22.2. The Morgan fingerprint density at radius 2 is 1.76 bits per heavy atom. The summed E-state index contributed by atoms with van der Waals surface area (Å²) in [5.74, 6) is 0.627. The van der Waals surface area contributed by atoms with Gasteiger partial charge in [0, 0.05) is 11.8 Å². The van der Waals surface area contributed by atoms with Gasteiger partial charge in [-0.05, 0) is 84.1 Å². The summed E-state index contributed by atoms with van der Waals surface area (Å²) in [5.41, 5.74) is 14.9. The molecule has 0 nitrogen and oxygen atoms in total. The molecule has 33 heavy (non-hydrogen) atoms. The Hall–Kier alpha value is -2.86. The molecule has 1 fully saturated rings. The molecule has 0 aliphatic heterocycles. The van der Waals surface area contributed by atoms with E-state index in [0.717, 1.165) is 37.7 Å². The Balaban J connectivity index is 1.72. The fourth-order valence-corrected chi connectivity index (χ4v) is 5.75. The van der Waals surface area contributed by atoms with Gasteiger partial charge in [-0.2, -0.15) is 0 Å². The van der Waals surface area contributed by atoms with Crippen LogP contribution in [0.1, 0.15) is 70.4 Å². The van der Waals surface area contributed by atoms with Crippen molar-refractivity contribution in [2.75, 3.05) is 0 Å². The molecule has 170 valence electrons. The van der Waals surface area contributed by atoms with Crippen molar-refractivity contribution in [3.8, 4) is 0 Å². The third-order valence-corrected chi connectivity index (χ3v) is 7.53. The molecule has 1 aromatic rings. The first-order valence-electron chi connectivity index (χ1n) is 12.5. The van der Waals surface area contributed by atoms with E-state index in [1.165, 1.54) is 55.7 Å². The minimum atomic E-state index is 0.301. The van der Waals surface area contributed by atoms with Crippen molar-refractivity contribution in [2.45, 2.75) is 65.7 Å². The zero-order chi connectivity index (χ0) is 23.7. The predicted octanol–water partition coefficient (Wildman–Crippen LogP) is 9.28. The van der Waals surface area contributed by atoms with Crippen molar-refractivity contribution in [1.29, 1.82) is 0 Å². The van der Waals surface area contributed by atoms with Crippen molar-refractivity contribution < 1.29 is 0 Å². The van der Waals surface area contributed by atoms with E-state index < -0.39 is 0 Å². The predicted molar refractivity (Wildman–Crippen MR) is 144 cm³/mol. The van der Waals surface area contributed by atoms with E-state index in [0.29, 0.717) is 11.8 Å². The van der Waals surface area contributed by atoms with Gasteiger partial charge in [-0.3, -0.25) is 0 Å². The van der Waals surface area contributed by atoms with Crippen LogP contribution >= 0.6 is 0 Å². The fraction of sp³-hybridized carbons (Fsp3) is 0.333. The average Bonchev–Trinajstić information content (AvgIpc) is 3.38. The molecule has 0 heterocycles. The highest BCUT2D eigenvalue weighted by Crippen LogP contribution is 2.55. The first-order chi connectivity index (χ1) is 15.8. The minimum absolute atomic E-state index is 0.301. The van der Waals surface area contributed by atoms with Crippen LogP contribution in [-0.2, 0) is 6.42 Å². The molecular weight excluding hydrogens is 396 g/mol. The number of hydrogen-bond acceptors (Lipinski definition) is 0. The molecule has 1 saturated carbocycles. The molecule has 0 N–H and O–H groups in total. The maximum atomic E-state index is 4.67. The second-order valence-electron chi connectivity index (χ2n) is 9.98. The lowest BCUT2D eigenvalue weighted by molar-refractivity contribution is 0.619. The molecule has 0 saturated heterocycles. The highest BCUT2D eigenvalue weighted by atomic mass is 14.4. The summed E-state index contributed by atoms with van der Waals surface area (Å²) in [5, 5.41) is 0. The highest BCUT2D eigenvalue weighted by Gasteiger charge is 2.40. The first-order valence-corrected chi connectivity index (χ1v) is 12.5. The van der Waals surface area contributed by atoms with E-state index in [4.69, 9.17) is 0 Å². The number of hydrogen-bond donors (Lipinski definition) is 0. The van der Waals surface area contributed by atoms with Crippen molar-refractivity contribution in [3.63, 3.8) is 0 Å². The van der Waals surface area contributed by atoms with Gasteiger partial charge in [0.2, 0.25) is 0 Å². The number of aryl methyl sites for hydroxylation is 1. The van der Waals surface area contributed by atoms with Gasteiger partial charge < -0.3 is 0 Å². The number of benzene rings is 1. The number of allylic oxidation sites excluding steroid dienone is 13. The summed E-state index contributed by atoms with van der Waals surface area (Å²) in [7, 11) is 0. The zero-order valence-electron chi connectivity index (χ0n) is 20.9. The molecule has 2 unspecified atom stereocenters. The third-order valence-electron chi connectivity index (χ3n) is 7.53. The van der Waals surface area contributed by atoms with E-state index in [1.54, 1.807) is 0 Å². The standard InChI is InChI=1S/C33H38/c1-8-10-22(5)31-23(6)17-30-20-29(19-26-13-16-28(18-26)21(3)4)24(7)32(30)33(31)27-14-11-25(9-2)12-15-27/h11-17,19,32-33H,3,5,7-10,18,20H2,1-2,4,6H3. The Morgan fingerprint density at radius 3 is 2.36 bits per heavy atom. The van der Waals surface area contributed by atoms with Crippen molar-refractivity contribution in [1.82, 2.24) is 0 Å². The lowest BCUT2D eigenvalue weighted by atomic mass is 9.69. The van der Waals surface area contributed by atoms with Gasteiger partial charge in [0.05, 0.1) is 0 Å². The monoisotopic (exact) mass is 434 g/mol. The molecule has 0 aromatic heterocycles. The van der Waals surface area contributed by atoms with Gasteiger partial charge in [-0.25, -0.2) is 0 Å². The van der Waals surface area contributed by atoms with E-state index in [1.807, 2.05) is 0 Å². The second kappa shape index (κ2) is 9.56. The van der Waals surface area contributed by atoms with Crippen molar-refractivity contribution in [2.24, 2.45) is 5.92 Å². The quantitative estimate of drug-likeness (QED) is 0.401. The van der Waals surface area contributed by atoms with Crippen LogP contribution in [0, 0.1) is 5.92 Å². The average molecular weight is 435 g/mol. The van der Waals surface area contributed by atoms with E-state index in [9.17, 15) is 0 Å². The number of rotatable bonds is 7. The maximum Gasteiger partial charge on any atom is 0.0201 e. The smallest absolute Gasteiger partial charge is 0.0201 e.